The lowest BCUT2D eigenvalue weighted by Gasteiger charge is -2.32. The second-order valence-corrected chi connectivity index (χ2v) is 4.76. The fraction of sp³-hybridized carbons (Fsp3) is 0.625. The number of nitrogens with zero attached hydrogens (tertiary/aromatic N) is 4. The number of rotatable bonds is 3. The minimum absolute atomic E-state index is 0.116. The molecule has 1 saturated heterocycles. The van der Waals surface area contributed by atoms with Crippen LogP contribution in [0.25, 0.3) is 0 Å². The van der Waals surface area contributed by atoms with Crippen LogP contribution in [0.5, 0.6) is 0 Å². The first-order valence-electron chi connectivity index (χ1n) is 5.26. The Hall–Kier alpha value is -1.84. The van der Waals surface area contributed by atoms with Gasteiger partial charge in [0, 0.05) is 18.1 Å². The van der Waals surface area contributed by atoms with E-state index in [1.807, 2.05) is 0 Å². The molecule has 18 heavy (non-hydrogen) atoms. The second-order valence-electron chi connectivity index (χ2n) is 3.61. The number of aromatic amines is 1. The molecule has 1 fully saturated rings. The average Bonchev–Trinajstić information content (AvgIpc) is 2.89. The van der Waals surface area contributed by atoms with Crippen molar-refractivity contribution in [2.24, 2.45) is 0 Å². The molecule has 0 aromatic carbocycles. The van der Waals surface area contributed by atoms with Gasteiger partial charge in [-0.25, -0.2) is 9.59 Å². The lowest BCUT2D eigenvalue weighted by molar-refractivity contribution is -0.141. The summed E-state index contributed by atoms with van der Waals surface area (Å²) in [7, 11) is 0. The molecule has 1 aliphatic rings. The molecular formula is C8H12N6O3S. The van der Waals surface area contributed by atoms with Crippen molar-refractivity contribution in [2.75, 3.05) is 18.1 Å². The van der Waals surface area contributed by atoms with E-state index in [0.29, 0.717) is 18.1 Å². The number of urea groups is 1. The van der Waals surface area contributed by atoms with Gasteiger partial charge in [-0.2, -0.15) is 17.0 Å². The first-order chi connectivity index (χ1) is 8.68. The molecule has 1 unspecified atom stereocenters. The predicted octanol–water partition coefficient (Wildman–Crippen LogP) is -1.09. The first kappa shape index (κ1) is 12.6. The third kappa shape index (κ3) is 2.88. The summed E-state index contributed by atoms with van der Waals surface area (Å²) in [6, 6.07) is -1.21. The maximum atomic E-state index is 11.9. The minimum Gasteiger partial charge on any atom is -0.480 e. The standard InChI is InChI=1S/C8H12N6O3S/c15-7(16)5-4-18-2-1-14(5)8(17)9-3-6-10-12-13-11-6/h5H,1-4H2,(H,9,17)(H,15,16)(H,10,11,12,13). The number of hydrogen-bond donors (Lipinski definition) is 3. The summed E-state index contributed by atoms with van der Waals surface area (Å²) in [6.45, 7) is 0.533. The van der Waals surface area contributed by atoms with Gasteiger partial charge in [0.15, 0.2) is 5.82 Å². The Morgan fingerprint density at radius 3 is 3.11 bits per heavy atom. The van der Waals surface area contributed by atoms with E-state index in [2.05, 4.69) is 25.9 Å². The topological polar surface area (TPSA) is 124 Å². The molecule has 0 spiro atoms. The SMILES string of the molecule is O=C(O)C1CSCCN1C(=O)NCc1nn[nH]n1. The third-order valence-corrected chi connectivity index (χ3v) is 3.48. The highest BCUT2D eigenvalue weighted by Crippen LogP contribution is 2.16. The Morgan fingerprint density at radius 1 is 1.61 bits per heavy atom. The van der Waals surface area contributed by atoms with Crippen LogP contribution in [0.4, 0.5) is 4.79 Å². The Morgan fingerprint density at radius 2 is 2.44 bits per heavy atom. The van der Waals surface area contributed by atoms with Crippen LogP contribution in [0.1, 0.15) is 5.82 Å². The number of amides is 2. The number of tetrazole rings is 1. The van der Waals surface area contributed by atoms with Crippen molar-refractivity contribution in [2.45, 2.75) is 12.6 Å². The smallest absolute Gasteiger partial charge is 0.327 e. The molecule has 2 heterocycles. The zero-order valence-corrected chi connectivity index (χ0v) is 10.2. The van der Waals surface area contributed by atoms with Crippen LogP contribution >= 0.6 is 11.8 Å². The van der Waals surface area contributed by atoms with Crippen molar-refractivity contribution in [3.05, 3.63) is 5.82 Å². The molecule has 0 aliphatic carbocycles. The molecule has 1 aromatic rings. The molecule has 0 radical (unpaired) electrons. The van der Waals surface area contributed by atoms with E-state index in [0.717, 1.165) is 5.75 Å². The lowest BCUT2D eigenvalue weighted by atomic mass is 10.3. The van der Waals surface area contributed by atoms with Gasteiger partial charge in [-0.15, -0.1) is 10.2 Å². The van der Waals surface area contributed by atoms with Crippen molar-refractivity contribution in [1.82, 2.24) is 30.8 Å². The predicted molar refractivity (Wildman–Crippen MR) is 61.9 cm³/mol. The quantitative estimate of drug-likeness (QED) is 0.638. The van der Waals surface area contributed by atoms with E-state index < -0.39 is 18.0 Å². The monoisotopic (exact) mass is 272 g/mol. The number of aliphatic carboxylic acids is 1. The Bertz CT molecular complexity index is 424. The summed E-state index contributed by atoms with van der Waals surface area (Å²) >= 11 is 1.53. The van der Waals surface area contributed by atoms with Crippen molar-refractivity contribution in [1.29, 1.82) is 0 Å². The van der Waals surface area contributed by atoms with Gasteiger partial charge >= 0.3 is 12.0 Å². The minimum atomic E-state index is -0.989. The van der Waals surface area contributed by atoms with Gasteiger partial charge in [0.1, 0.15) is 6.04 Å². The third-order valence-electron chi connectivity index (χ3n) is 2.46. The second kappa shape index (κ2) is 5.67. The Balaban J connectivity index is 1.92. The molecule has 1 atom stereocenters. The van der Waals surface area contributed by atoms with E-state index in [9.17, 15) is 9.59 Å². The number of thioether (sulfide) groups is 1. The van der Waals surface area contributed by atoms with E-state index in [4.69, 9.17) is 5.11 Å². The van der Waals surface area contributed by atoms with Crippen molar-refractivity contribution < 1.29 is 14.7 Å². The van der Waals surface area contributed by atoms with E-state index in [1.165, 1.54) is 16.7 Å². The number of carbonyl (C=O) groups excluding carboxylic acids is 1. The van der Waals surface area contributed by atoms with Crippen LogP contribution in [0.3, 0.4) is 0 Å². The van der Waals surface area contributed by atoms with Crippen molar-refractivity contribution in [3.8, 4) is 0 Å². The molecule has 1 aliphatic heterocycles. The molecule has 2 rings (SSSR count). The summed E-state index contributed by atoms with van der Waals surface area (Å²) in [4.78, 5) is 24.2. The fourth-order valence-electron chi connectivity index (χ4n) is 1.56. The summed E-state index contributed by atoms with van der Waals surface area (Å²) in [6.07, 6.45) is 0. The van der Waals surface area contributed by atoms with Crippen molar-refractivity contribution in [3.63, 3.8) is 0 Å². The van der Waals surface area contributed by atoms with Gasteiger partial charge in [-0.3, -0.25) is 0 Å². The highest BCUT2D eigenvalue weighted by molar-refractivity contribution is 7.99. The molecule has 10 heteroatoms. The van der Waals surface area contributed by atoms with Crippen LogP contribution in [-0.2, 0) is 11.3 Å². The zero-order valence-electron chi connectivity index (χ0n) is 9.37. The number of carbonyl (C=O) groups is 2. The number of carboxylic acid groups (broad SMARTS) is 1. The normalized spacial score (nSPS) is 19.6. The number of hydrogen-bond acceptors (Lipinski definition) is 6. The molecule has 9 nitrogen and oxygen atoms in total. The summed E-state index contributed by atoms with van der Waals surface area (Å²) in [5, 5.41) is 24.6. The molecule has 1 aromatic heterocycles. The molecule has 0 saturated carbocycles. The summed E-state index contributed by atoms with van der Waals surface area (Å²) in [5.41, 5.74) is 0. The molecule has 98 valence electrons. The van der Waals surface area contributed by atoms with Crippen LogP contribution in [0.2, 0.25) is 0 Å². The first-order valence-corrected chi connectivity index (χ1v) is 6.41. The van der Waals surface area contributed by atoms with E-state index >= 15 is 0 Å². The maximum absolute atomic E-state index is 11.9. The Labute approximate surface area is 106 Å². The van der Waals surface area contributed by atoms with E-state index in [-0.39, 0.29) is 6.54 Å². The van der Waals surface area contributed by atoms with Gasteiger partial charge in [0.2, 0.25) is 0 Å². The zero-order chi connectivity index (χ0) is 13.0. The number of nitrogens with one attached hydrogen (secondary N) is 2. The molecule has 2 amide bonds. The van der Waals surface area contributed by atoms with Gasteiger partial charge in [-0.05, 0) is 0 Å². The summed E-state index contributed by atoms with van der Waals surface area (Å²) in [5.74, 6) is 0.503. The lowest BCUT2D eigenvalue weighted by Crippen LogP contribution is -2.53. The summed E-state index contributed by atoms with van der Waals surface area (Å²) < 4.78 is 0. The number of aromatic nitrogens is 4. The number of H-pyrrole nitrogens is 1. The van der Waals surface area contributed by atoms with Crippen LogP contribution < -0.4 is 5.32 Å². The Kier molecular flexibility index (Phi) is 3.97. The highest BCUT2D eigenvalue weighted by atomic mass is 32.2. The largest absolute Gasteiger partial charge is 0.480 e. The van der Waals surface area contributed by atoms with Crippen LogP contribution in [0, 0.1) is 0 Å². The highest BCUT2D eigenvalue weighted by Gasteiger charge is 2.32. The van der Waals surface area contributed by atoms with Crippen LogP contribution in [-0.4, -0.2) is 66.7 Å². The van der Waals surface area contributed by atoms with Gasteiger partial charge in [0.25, 0.3) is 0 Å². The van der Waals surface area contributed by atoms with Crippen molar-refractivity contribution >= 4 is 23.8 Å². The van der Waals surface area contributed by atoms with Crippen LogP contribution in [0.15, 0.2) is 0 Å². The van der Waals surface area contributed by atoms with E-state index in [1.54, 1.807) is 0 Å². The molecule has 0 bridgehead atoms. The number of carboxylic acids is 1. The molecule has 3 N–H and O–H groups in total. The van der Waals surface area contributed by atoms with Gasteiger partial charge < -0.3 is 15.3 Å². The molecular weight excluding hydrogens is 260 g/mol. The average molecular weight is 272 g/mol. The fourth-order valence-corrected chi connectivity index (χ4v) is 2.60. The van der Waals surface area contributed by atoms with Gasteiger partial charge in [-0.1, -0.05) is 5.21 Å². The van der Waals surface area contributed by atoms with Gasteiger partial charge in [0.05, 0.1) is 6.54 Å². The maximum Gasteiger partial charge on any atom is 0.327 e.